The number of imide groups is 2. The van der Waals surface area contributed by atoms with Gasteiger partial charge in [0, 0.05) is 19.5 Å². The number of hydrogen-bond acceptors (Lipinski definition) is 8. The Bertz CT molecular complexity index is 1020. The molecule has 2 aliphatic rings. The number of nitrogen functional groups attached to an aromatic ring is 1. The molecule has 1 unspecified atom stereocenters. The Kier molecular flexibility index (Phi) is 4.77. The molecule has 1 aromatic carbocycles. The summed E-state index contributed by atoms with van der Waals surface area (Å²) in [6.07, 6.45) is 0.209. The van der Waals surface area contributed by atoms with Crippen LogP contribution in [0.2, 0.25) is 0 Å². The summed E-state index contributed by atoms with van der Waals surface area (Å²) in [7, 11) is 0. The van der Waals surface area contributed by atoms with Crippen molar-refractivity contribution in [3.05, 3.63) is 52.7 Å². The summed E-state index contributed by atoms with van der Waals surface area (Å²) in [5.74, 6) is -1.75. The van der Waals surface area contributed by atoms with Crippen LogP contribution in [0.3, 0.4) is 0 Å². The smallest absolute Gasteiger partial charge is 0.262 e. The fraction of sp³-hybridized carbons (Fsp3) is 0.263. The Labute approximate surface area is 165 Å². The number of anilines is 1. The maximum absolute atomic E-state index is 13.0. The molecule has 1 atom stereocenters. The molecule has 10 nitrogen and oxygen atoms in total. The molecule has 0 radical (unpaired) electrons. The second kappa shape index (κ2) is 7.40. The lowest BCUT2D eigenvalue weighted by Crippen LogP contribution is -2.54. The third-order valence-electron chi connectivity index (χ3n) is 4.92. The molecule has 0 bridgehead atoms. The largest absolute Gasteiger partial charge is 0.382 e. The molecule has 1 aromatic heterocycles. The molecule has 2 aromatic rings. The van der Waals surface area contributed by atoms with Gasteiger partial charge in [0.15, 0.2) is 0 Å². The van der Waals surface area contributed by atoms with Crippen molar-refractivity contribution in [1.82, 2.24) is 25.7 Å². The van der Waals surface area contributed by atoms with E-state index < -0.39 is 29.7 Å². The number of aromatic nitrogens is 2. The van der Waals surface area contributed by atoms with Gasteiger partial charge in [0.25, 0.3) is 11.8 Å². The number of nitrogens with one attached hydrogen (secondary N) is 2. The first kappa shape index (κ1) is 18.7. The van der Waals surface area contributed by atoms with Gasteiger partial charge in [-0.1, -0.05) is 12.1 Å². The van der Waals surface area contributed by atoms with Gasteiger partial charge in [-0.25, -0.2) is 0 Å². The molecule has 3 heterocycles. The van der Waals surface area contributed by atoms with Gasteiger partial charge < -0.3 is 11.1 Å². The monoisotopic (exact) mass is 394 g/mol. The SMILES string of the molecule is Nc1ccc(CNCc2cccc3c2C(=O)N(C2CCC(=O)NC2=O)C3=O)nn1. The average molecular weight is 394 g/mol. The zero-order chi connectivity index (χ0) is 20.5. The summed E-state index contributed by atoms with van der Waals surface area (Å²) in [5, 5.41) is 13.1. The molecule has 29 heavy (non-hydrogen) atoms. The Hall–Kier alpha value is -3.66. The molecular formula is C19H18N6O4. The average Bonchev–Trinajstić information content (AvgIpc) is 2.95. The molecule has 0 aliphatic carbocycles. The van der Waals surface area contributed by atoms with E-state index in [4.69, 9.17) is 5.73 Å². The van der Waals surface area contributed by atoms with Gasteiger partial charge >= 0.3 is 0 Å². The van der Waals surface area contributed by atoms with Crippen molar-refractivity contribution in [2.24, 2.45) is 0 Å². The minimum absolute atomic E-state index is 0.0842. The van der Waals surface area contributed by atoms with Crippen molar-refractivity contribution >= 4 is 29.4 Å². The van der Waals surface area contributed by atoms with E-state index in [-0.39, 0.29) is 24.0 Å². The predicted molar refractivity (Wildman–Crippen MR) is 100 cm³/mol. The Morgan fingerprint density at radius 2 is 1.90 bits per heavy atom. The predicted octanol–water partition coefficient (Wildman–Crippen LogP) is -0.250. The van der Waals surface area contributed by atoms with Crippen LogP contribution in [-0.2, 0) is 22.7 Å². The Morgan fingerprint density at radius 3 is 2.62 bits per heavy atom. The molecule has 1 saturated heterocycles. The number of benzene rings is 1. The number of amides is 4. The van der Waals surface area contributed by atoms with Crippen LogP contribution in [0, 0.1) is 0 Å². The van der Waals surface area contributed by atoms with Crippen LogP contribution >= 0.6 is 0 Å². The topological polar surface area (TPSA) is 147 Å². The number of carbonyl (C=O) groups is 4. The van der Waals surface area contributed by atoms with Gasteiger partial charge in [0.05, 0.1) is 16.8 Å². The standard InChI is InChI=1S/C19H18N6O4/c20-14-6-4-11(23-24-14)9-21-8-10-2-1-3-12-16(10)19(29)25(18(12)28)13-5-7-15(26)22-17(13)27/h1-4,6,13,21H,5,7-9H2,(H2,20,24)(H,22,26,27). The lowest BCUT2D eigenvalue weighted by molar-refractivity contribution is -0.136. The van der Waals surface area contributed by atoms with E-state index in [0.29, 0.717) is 30.2 Å². The van der Waals surface area contributed by atoms with E-state index in [9.17, 15) is 19.2 Å². The first-order valence-electron chi connectivity index (χ1n) is 9.08. The summed E-state index contributed by atoms with van der Waals surface area (Å²) < 4.78 is 0. The molecule has 148 valence electrons. The third-order valence-corrected chi connectivity index (χ3v) is 4.92. The first-order valence-corrected chi connectivity index (χ1v) is 9.08. The van der Waals surface area contributed by atoms with Gasteiger partial charge in [-0.05, 0) is 30.2 Å². The van der Waals surface area contributed by atoms with E-state index in [2.05, 4.69) is 20.8 Å². The van der Waals surface area contributed by atoms with E-state index in [1.54, 1.807) is 30.3 Å². The van der Waals surface area contributed by atoms with Gasteiger partial charge in [-0.2, -0.15) is 5.10 Å². The molecule has 10 heteroatoms. The lowest BCUT2D eigenvalue weighted by Gasteiger charge is -2.27. The quantitative estimate of drug-likeness (QED) is 0.588. The molecule has 4 N–H and O–H groups in total. The number of rotatable bonds is 5. The summed E-state index contributed by atoms with van der Waals surface area (Å²) in [6, 6.07) is 7.41. The Balaban J connectivity index is 1.52. The molecule has 0 spiro atoms. The number of hydrogen-bond donors (Lipinski definition) is 3. The second-order valence-electron chi connectivity index (χ2n) is 6.84. The fourth-order valence-electron chi connectivity index (χ4n) is 3.52. The molecule has 0 saturated carbocycles. The van der Waals surface area contributed by atoms with Crippen molar-refractivity contribution < 1.29 is 19.2 Å². The van der Waals surface area contributed by atoms with Crippen LogP contribution in [0.1, 0.15) is 44.8 Å². The first-order chi connectivity index (χ1) is 14.0. The van der Waals surface area contributed by atoms with E-state index in [1.165, 1.54) is 0 Å². The highest BCUT2D eigenvalue weighted by Gasteiger charge is 2.45. The van der Waals surface area contributed by atoms with Crippen LogP contribution in [0.15, 0.2) is 30.3 Å². The normalized spacial score (nSPS) is 18.8. The van der Waals surface area contributed by atoms with Crippen molar-refractivity contribution in [3.8, 4) is 0 Å². The van der Waals surface area contributed by atoms with E-state index in [1.807, 2.05) is 0 Å². The summed E-state index contributed by atoms with van der Waals surface area (Å²) in [6.45, 7) is 0.716. The number of fused-ring (bicyclic) bond motifs is 1. The van der Waals surface area contributed by atoms with Crippen LogP contribution in [-0.4, -0.2) is 44.8 Å². The highest BCUT2D eigenvalue weighted by atomic mass is 16.2. The minimum Gasteiger partial charge on any atom is -0.382 e. The van der Waals surface area contributed by atoms with Crippen molar-refractivity contribution in [2.75, 3.05) is 5.73 Å². The lowest BCUT2D eigenvalue weighted by atomic mass is 10.0. The van der Waals surface area contributed by atoms with E-state index in [0.717, 1.165) is 4.90 Å². The van der Waals surface area contributed by atoms with Gasteiger partial charge in [0.2, 0.25) is 11.8 Å². The van der Waals surface area contributed by atoms with Crippen molar-refractivity contribution in [2.45, 2.75) is 32.0 Å². The van der Waals surface area contributed by atoms with Gasteiger partial charge in [0.1, 0.15) is 11.9 Å². The molecule has 4 amide bonds. The second-order valence-corrected chi connectivity index (χ2v) is 6.84. The van der Waals surface area contributed by atoms with Gasteiger partial charge in [-0.3, -0.25) is 29.4 Å². The zero-order valence-electron chi connectivity index (χ0n) is 15.3. The molecule has 1 fully saturated rings. The number of carbonyl (C=O) groups excluding carboxylic acids is 4. The zero-order valence-corrected chi connectivity index (χ0v) is 15.3. The minimum atomic E-state index is -0.981. The highest BCUT2D eigenvalue weighted by molar-refractivity contribution is 6.24. The maximum atomic E-state index is 13.0. The van der Waals surface area contributed by atoms with Crippen molar-refractivity contribution in [1.29, 1.82) is 0 Å². The van der Waals surface area contributed by atoms with Crippen LogP contribution < -0.4 is 16.4 Å². The van der Waals surface area contributed by atoms with Crippen LogP contribution in [0.4, 0.5) is 5.82 Å². The Morgan fingerprint density at radius 1 is 1.07 bits per heavy atom. The number of nitrogens with zero attached hydrogens (tertiary/aromatic N) is 3. The summed E-state index contributed by atoms with van der Waals surface area (Å²) >= 11 is 0. The van der Waals surface area contributed by atoms with Crippen LogP contribution in [0.25, 0.3) is 0 Å². The number of piperidine rings is 1. The van der Waals surface area contributed by atoms with E-state index >= 15 is 0 Å². The highest BCUT2D eigenvalue weighted by Crippen LogP contribution is 2.29. The summed E-state index contributed by atoms with van der Waals surface area (Å²) in [5.41, 5.74) is 7.36. The fourth-order valence-corrected chi connectivity index (χ4v) is 3.52. The van der Waals surface area contributed by atoms with Crippen LogP contribution in [0.5, 0.6) is 0 Å². The molecular weight excluding hydrogens is 376 g/mol. The third kappa shape index (κ3) is 3.45. The molecule has 2 aliphatic heterocycles. The summed E-state index contributed by atoms with van der Waals surface area (Å²) in [4.78, 5) is 50.3. The van der Waals surface area contributed by atoms with Crippen molar-refractivity contribution in [3.63, 3.8) is 0 Å². The number of nitrogens with two attached hydrogens (primary N) is 1. The van der Waals surface area contributed by atoms with Gasteiger partial charge in [-0.15, -0.1) is 5.10 Å². The maximum Gasteiger partial charge on any atom is 0.262 e. The molecule has 4 rings (SSSR count).